The average molecular weight is 388 g/mol. The van der Waals surface area contributed by atoms with Gasteiger partial charge in [0.25, 0.3) is 0 Å². The number of hydrogen-bond acceptors (Lipinski definition) is 3. The van der Waals surface area contributed by atoms with Crippen LogP contribution in [0.25, 0.3) is 11.0 Å². The number of anilines is 1. The topological polar surface area (TPSA) is 64.3 Å². The number of nitrogen functional groups attached to an aromatic ring is 1. The van der Waals surface area contributed by atoms with E-state index in [4.69, 9.17) is 10.5 Å². The van der Waals surface area contributed by atoms with Gasteiger partial charge in [0.05, 0.1) is 6.54 Å². The molecule has 29 heavy (non-hydrogen) atoms. The van der Waals surface area contributed by atoms with Gasteiger partial charge in [-0.1, -0.05) is 60.2 Å². The second-order valence-electron chi connectivity index (χ2n) is 7.31. The molecule has 4 aromatic rings. The molecule has 0 saturated heterocycles. The molecule has 0 fully saturated rings. The van der Waals surface area contributed by atoms with Crippen molar-refractivity contribution in [1.82, 2.24) is 4.57 Å². The average Bonchev–Trinajstić information content (AvgIpc) is 3.00. The monoisotopic (exact) mass is 388 g/mol. The van der Waals surface area contributed by atoms with Crippen LogP contribution in [0.4, 0.5) is 5.95 Å². The number of ether oxygens (including phenoxy) is 1. The molecule has 5 heteroatoms. The molecule has 0 amide bonds. The summed E-state index contributed by atoms with van der Waals surface area (Å²) in [5.41, 5.74) is 11.0. The van der Waals surface area contributed by atoms with Crippen molar-refractivity contribution in [2.24, 2.45) is 0 Å². The largest absolute Gasteiger partial charge is 0.491 e. The molecule has 0 radical (unpaired) electrons. The Morgan fingerprint density at radius 1 is 0.966 bits per heavy atom. The third-order valence-corrected chi connectivity index (χ3v) is 5.06. The van der Waals surface area contributed by atoms with Crippen LogP contribution < -0.4 is 15.0 Å². The molecule has 0 aliphatic rings. The van der Waals surface area contributed by atoms with Crippen LogP contribution in [-0.4, -0.2) is 22.4 Å². The molecule has 1 heterocycles. The standard InChI is InChI=1S/C24H25N3O2/c1-18-11-13-19(14-12-18)15-26-22-9-5-6-10-23(22)27(24(26)25)16-20(28)17-29-21-7-3-2-4-8-21/h2-14,20,25,28H,15-17H2,1H3/p+1/t20-/m1/s1. The molecule has 0 aliphatic carbocycles. The molecule has 0 spiro atoms. The molecule has 3 N–H and O–H groups in total. The number of nitrogens with two attached hydrogens (primary N) is 1. The van der Waals surface area contributed by atoms with Crippen LogP contribution in [0.1, 0.15) is 11.1 Å². The van der Waals surface area contributed by atoms with Gasteiger partial charge in [-0.15, -0.1) is 0 Å². The Hall–Kier alpha value is -3.31. The molecule has 4 rings (SSSR count). The number of nitrogens with zero attached hydrogens (tertiary/aromatic N) is 2. The minimum Gasteiger partial charge on any atom is -0.491 e. The van der Waals surface area contributed by atoms with Crippen LogP contribution in [0.15, 0.2) is 78.9 Å². The van der Waals surface area contributed by atoms with E-state index in [9.17, 15) is 5.11 Å². The molecule has 0 bridgehead atoms. The number of imidazole rings is 1. The number of rotatable bonds is 7. The minimum atomic E-state index is -0.680. The number of benzene rings is 3. The van der Waals surface area contributed by atoms with Gasteiger partial charge in [-0.2, -0.15) is 0 Å². The summed E-state index contributed by atoms with van der Waals surface area (Å²) in [6.45, 7) is 3.32. The van der Waals surface area contributed by atoms with Gasteiger partial charge >= 0.3 is 5.95 Å². The van der Waals surface area contributed by atoms with Crippen molar-refractivity contribution in [3.05, 3.63) is 90.0 Å². The zero-order chi connectivity index (χ0) is 20.2. The first-order valence-corrected chi connectivity index (χ1v) is 9.80. The molecule has 0 unspecified atom stereocenters. The molecule has 0 saturated carbocycles. The zero-order valence-electron chi connectivity index (χ0n) is 16.5. The van der Waals surface area contributed by atoms with Crippen molar-refractivity contribution in [3.63, 3.8) is 0 Å². The zero-order valence-corrected chi connectivity index (χ0v) is 16.5. The number of aliphatic hydroxyl groups is 1. The Labute approximate surface area is 170 Å². The van der Waals surface area contributed by atoms with E-state index in [1.54, 1.807) is 0 Å². The maximum absolute atomic E-state index is 10.6. The minimum absolute atomic E-state index is 0.202. The van der Waals surface area contributed by atoms with Crippen molar-refractivity contribution in [1.29, 1.82) is 0 Å². The van der Waals surface area contributed by atoms with Crippen LogP contribution in [0.5, 0.6) is 5.75 Å². The highest BCUT2D eigenvalue weighted by Crippen LogP contribution is 2.18. The summed E-state index contributed by atoms with van der Waals surface area (Å²) in [7, 11) is 0. The molecular weight excluding hydrogens is 362 g/mol. The lowest BCUT2D eigenvalue weighted by Crippen LogP contribution is -2.37. The van der Waals surface area contributed by atoms with Crippen molar-refractivity contribution >= 4 is 17.0 Å². The van der Waals surface area contributed by atoms with E-state index < -0.39 is 6.10 Å². The number of fused-ring (bicyclic) bond motifs is 1. The van der Waals surface area contributed by atoms with Crippen LogP contribution in [0.2, 0.25) is 0 Å². The fourth-order valence-corrected chi connectivity index (χ4v) is 3.52. The molecule has 0 aliphatic heterocycles. The predicted molar refractivity (Wildman–Crippen MR) is 115 cm³/mol. The molecule has 3 aromatic carbocycles. The van der Waals surface area contributed by atoms with Crippen molar-refractivity contribution in [2.75, 3.05) is 12.3 Å². The number of para-hydroxylation sites is 3. The van der Waals surface area contributed by atoms with Gasteiger partial charge in [0.2, 0.25) is 0 Å². The van der Waals surface area contributed by atoms with E-state index in [2.05, 4.69) is 41.8 Å². The summed E-state index contributed by atoms with van der Waals surface area (Å²) >= 11 is 0. The summed E-state index contributed by atoms with van der Waals surface area (Å²) in [5, 5.41) is 10.6. The molecule has 1 aromatic heterocycles. The van der Waals surface area contributed by atoms with E-state index in [-0.39, 0.29) is 6.61 Å². The Morgan fingerprint density at radius 3 is 2.41 bits per heavy atom. The lowest BCUT2D eigenvalue weighted by atomic mass is 10.1. The highest BCUT2D eigenvalue weighted by atomic mass is 16.5. The van der Waals surface area contributed by atoms with E-state index in [0.717, 1.165) is 16.8 Å². The van der Waals surface area contributed by atoms with Gasteiger partial charge in [0.1, 0.15) is 36.0 Å². The SMILES string of the molecule is Cc1ccc(C[n+]2c(N)n(C[C@@H](O)COc3ccccc3)c3ccccc32)cc1. The number of aromatic nitrogens is 2. The van der Waals surface area contributed by atoms with E-state index >= 15 is 0 Å². The summed E-state index contributed by atoms with van der Waals surface area (Å²) in [6.07, 6.45) is -0.680. The Balaban J connectivity index is 1.57. The lowest BCUT2D eigenvalue weighted by Gasteiger charge is -2.12. The second kappa shape index (κ2) is 8.37. The van der Waals surface area contributed by atoms with Gasteiger partial charge < -0.3 is 9.84 Å². The molecule has 1 atom stereocenters. The highest BCUT2D eigenvalue weighted by Gasteiger charge is 2.23. The van der Waals surface area contributed by atoms with Gasteiger partial charge in [0.15, 0.2) is 0 Å². The Morgan fingerprint density at radius 2 is 1.66 bits per heavy atom. The maximum Gasteiger partial charge on any atom is 0.356 e. The van der Waals surface area contributed by atoms with Gasteiger partial charge in [-0.05, 0) is 36.8 Å². The molecular formula is C24H26N3O2+. The van der Waals surface area contributed by atoms with E-state index in [1.807, 2.05) is 53.1 Å². The Bertz CT molecular complexity index is 1090. The molecule has 148 valence electrons. The lowest BCUT2D eigenvalue weighted by molar-refractivity contribution is -0.648. The smallest absolute Gasteiger partial charge is 0.356 e. The summed E-state index contributed by atoms with van der Waals surface area (Å²) < 4.78 is 9.74. The van der Waals surface area contributed by atoms with Gasteiger partial charge in [0, 0.05) is 0 Å². The normalized spacial score (nSPS) is 12.2. The highest BCUT2D eigenvalue weighted by molar-refractivity contribution is 5.74. The number of aryl methyl sites for hydroxylation is 1. The van der Waals surface area contributed by atoms with Crippen molar-refractivity contribution in [2.45, 2.75) is 26.1 Å². The fraction of sp³-hybridized carbons (Fsp3) is 0.208. The summed E-state index contributed by atoms with van der Waals surface area (Å²) in [4.78, 5) is 0. The van der Waals surface area contributed by atoms with E-state index in [1.165, 1.54) is 11.1 Å². The maximum atomic E-state index is 10.6. The van der Waals surface area contributed by atoms with E-state index in [0.29, 0.717) is 19.0 Å². The van der Waals surface area contributed by atoms with Crippen LogP contribution in [0.3, 0.4) is 0 Å². The van der Waals surface area contributed by atoms with Crippen LogP contribution >= 0.6 is 0 Å². The first kappa shape index (κ1) is 19.0. The summed E-state index contributed by atoms with van der Waals surface area (Å²) in [6, 6.07) is 26.0. The first-order valence-electron chi connectivity index (χ1n) is 9.80. The first-order chi connectivity index (χ1) is 14.1. The Kier molecular flexibility index (Phi) is 5.49. The third-order valence-electron chi connectivity index (χ3n) is 5.06. The van der Waals surface area contributed by atoms with Crippen molar-refractivity contribution < 1.29 is 14.4 Å². The van der Waals surface area contributed by atoms with Gasteiger partial charge in [-0.3, -0.25) is 5.73 Å². The summed E-state index contributed by atoms with van der Waals surface area (Å²) in [5.74, 6) is 1.36. The number of aliphatic hydroxyl groups excluding tert-OH is 1. The second-order valence-corrected chi connectivity index (χ2v) is 7.31. The fourth-order valence-electron chi connectivity index (χ4n) is 3.52. The van der Waals surface area contributed by atoms with Gasteiger partial charge in [-0.25, -0.2) is 9.13 Å². The molecule has 5 nitrogen and oxygen atoms in total. The number of hydrogen-bond donors (Lipinski definition) is 2. The predicted octanol–water partition coefficient (Wildman–Crippen LogP) is 3.31. The van der Waals surface area contributed by atoms with Crippen LogP contribution in [-0.2, 0) is 13.1 Å². The third kappa shape index (κ3) is 4.25. The quantitative estimate of drug-likeness (QED) is 0.478. The van der Waals surface area contributed by atoms with Crippen molar-refractivity contribution in [3.8, 4) is 5.75 Å². The van der Waals surface area contributed by atoms with Crippen LogP contribution in [0, 0.1) is 6.92 Å².